The SMILES string of the molecule is C[C@@H](NC(=O)c1cncc(N2CCN(C(=O)C3COC3)CC2)n1)c1ccc(C(=C2CC3(C2)CN(C(=O)OC(C)(C)C)C3)c2ccc(F)cc2)cc1. The Morgan fingerprint density at radius 3 is 2.14 bits per heavy atom. The zero-order valence-corrected chi connectivity index (χ0v) is 29.7. The Morgan fingerprint density at radius 1 is 0.922 bits per heavy atom. The molecule has 7 rings (SSSR count). The third-order valence-electron chi connectivity index (χ3n) is 10.2. The van der Waals surface area contributed by atoms with Crippen molar-refractivity contribution in [2.45, 2.75) is 52.2 Å². The number of allylic oxidation sites excluding steroid dienone is 1. The van der Waals surface area contributed by atoms with Crippen LogP contribution in [0.4, 0.5) is 15.0 Å². The minimum Gasteiger partial charge on any atom is -0.444 e. The molecule has 51 heavy (non-hydrogen) atoms. The van der Waals surface area contributed by atoms with Crippen molar-refractivity contribution in [3.8, 4) is 0 Å². The molecule has 3 aliphatic heterocycles. The van der Waals surface area contributed by atoms with E-state index in [9.17, 15) is 18.8 Å². The summed E-state index contributed by atoms with van der Waals surface area (Å²) in [5, 5.41) is 3.05. The fraction of sp³-hybridized carbons (Fsp3) is 0.462. The van der Waals surface area contributed by atoms with E-state index in [4.69, 9.17) is 9.47 Å². The number of rotatable bonds is 7. The predicted molar refractivity (Wildman–Crippen MR) is 189 cm³/mol. The Morgan fingerprint density at radius 2 is 1.55 bits per heavy atom. The van der Waals surface area contributed by atoms with Crippen molar-refractivity contribution < 1.29 is 28.2 Å². The van der Waals surface area contributed by atoms with E-state index in [1.807, 2.05) is 73.9 Å². The number of hydrogen-bond acceptors (Lipinski definition) is 8. The average molecular weight is 697 g/mol. The van der Waals surface area contributed by atoms with Crippen LogP contribution in [0.2, 0.25) is 0 Å². The second-order valence-electron chi connectivity index (χ2n) is 15.3. The lowest BCUT2D eigenvalue weighted by molar-refractivity contribution is -0.150. The quantitative estimate of drug-likeness (QED) is 0.357. The number of hydrogen-bond donors (Lipinski definition) is 1. The minimum absolute atomic E-state index is 0.0295. The van der Waals surface area contributed by atoms with E-state index in [-0.39, 0.29) is 46.8 Å². The van der Waals surface area contributed by atoms with E-state index in [1.54, 1.807) is 11.1 Å². The van der Waals surface area contributed by atoms with Crippen LogP contribution in [-0.4, -0.2) is 95.8 Å². The number of aromatic nitrogens is 2. The van der Waals surface area contributed by atoms with Crippen molar-refractivity contribution in [3.05, 3.63) is 94.7 Å². The van der Waals surface area contributed by atoms with E-state index in [0.29, 0.717) is 58.3 Å². The largest absolute Gasteiger partial charge is 0.444 e. The number of nitrogens with zero attached hydrogens (tertiary/aromatic N) is 5. The van der Waals surface area contributed by atoms with Crippen molar-refractivity contribution in [1.29, 1.82) is 0 Å². The number of benzene rings is 2. The molecule has 1 saturated carbocycles. The van der Waals surface area contributed by atoms with Gasteiger partial charge in [-0.05, 0) is 74.9 Å². The van der Waals surface area contributed by atoms with Gasteiger partial charge in [0.2, 0.25) is 5.91 Å². The van der Waals surface area contributed by atoms with Crippen molar-refractivity contribution in [2.75, 3.05) is 57.4 Å². The zero-order chi connectivity index (χ0) is 35.9. The van der Waals surface area contributed by atoms with Crippen LogP contribution in [0.3, 0.4) is 0 Å². The summed E-state index contributed by atoms with van der Waals surface area (Å²) >= 11 is 0. The first kappa shape index (κ1) is 34.6. The van der Waals surface area contributed by atoms with Crippen LogP contribution in [-0.2, 0) is 14.3 Å². The molecule has 3 aromatic rings. The highest BCUT2D eigenvalue weighted by molar-refractivity contribution is 5.92. The highest BCUT2D eigenvalue weighted by Gasteiger charge is 2.53. The van der Waals surface area contributed by atoms with E-state index < -0.39 is 5.60 Å². The molecule has 12 heteroatoms. The maximum atomic E-state index is 13.9. The van der Waals surface area contributed by atoms with Gasteiger partial charge < -0.3 is 29.5 Å². The number of anilines is 1. The van der Waals surface area contributed by atoms with Crippen molar-refractivity contribution in [3.63, 3.8) is 0 Å². The number of piperazine rings is 1. The fourth-order valence-electron chi connectivity index (χ4n) is 7.37. The summed E-state index contributed by atoms with van der Waals surface area (Å²) in [7, 11) is 0. The summed E-state index contributed by atoms with van der Waals surface area (Å²) in [6, 6.07) is 14.4. The summed E-state index contributed by atoms with van der Waals surface area (Å²) in [6.45, 7) is 12.3. The van der Waals surface area contributed by atoms with Crippen LogP contribution in [0, 0.1) is 17.2 Å². The maximum Gasteiger partial charge on any atom is 0.410 e. The van der Waals surface area contributed by atoms with Gasteiger partial charge in [-0.3, -0.25) is 14.6 Å². The molecule has 1 spiro atoms. The standard InChI is InChI=1S/C39H45FN6O5/c1-25(42-35(47)32-19-41-20-33(43-32)44-13-15-45(16-14-44)36(48)30-21-50-22-30)26-5-7-27(8-6-26)34(28-9-11-31(40)12-10-28)29-17-39(18-29)23-46(24-39)37(49)51-38(2,3)4/h5-12,19-20,25,30H,13-18,21-24H2,1-4H3,(H,42,47)/t25-/m1/s1. The molecule has 1 aliphatic carbocycles. The second kappa shape index (κ2) is 13.7. The van der Waals surface area contributed by atoms with Gasteiger partial charge in [-0.1, -0.05) is 42.0 Å². The highest BCUT2D eigenvalue weighted by atomic mass is 19.1. The lowest BCUT2D eigenvalue weighted by Gasteiger charge is -2.57. The lowest BCUT2D eigenvalue weighted by Crippen LogP contribution is -2.62. The van der Waals surface area contributed by atoms with Gasteiger partial charge in [0.15, 0.2) is 0 Å². The number of halogens is 1. The third kappa shape index (κ3) is 7.46. The van der Waals surface area contributed by atoms with Crippen LogP contribution >= 0.6 is 0 Å². The lowest BCUT2D eigenvalue weighted by atomic mass is 9.59. The summed E-state index contributed by atoms with van der Waals surface area (Å²) in [6.07, 6.45) is 4.55. The van der Waals surface area contributed by atoms with Gasteiger partial charge in [0, 0.05) is 44.7 Å². The van der Waals surface area contributed by atoms with Gasteiger partial charge in [0.1, 0.15) is 22.9 Å². The van der Waals surface area contributed by atoms with Crippen LogP contribution in [0.15, 0.2) is 66.5 Å². The first-order chi connectivity index (χ1) is 24.4. The number of ether oxygens (including phenoxy) is 2. The fourth-order valence-corrected chi connectivity index (χ4v) is 7.37. The molecule has 0 unspecified atom stereocenters. The normalized spacial score (nSPS) is 19.1. The Hall–Kier alpha value is -4.84. The molecule has 1 atom stereocenters. The smallest absolute Gasteiger partial charge is 0.410 e. The first-order valence-electron chi connectivity index (χ1n) is 17.7. The first-order valence-corrected chi connectivity index (χ1v) is 17.7. The topological polar surface area (TPSA) is 117 Å². The monoisotopic (exact) mass is 696 g/mol. The van der Waals surface area contributed by atoms with Gasteiger partial charge in [0.05, 0.1) is 37.6 Å². The molecule has 4 aliphatic rings. The number of carbonyl (C=O) groups is 3. The molecular formula is C39H45FN6O5. The number of carbonyl (C=O) groups excluding carboxylic acids is 3. The molecule has 11 nitrogen and oxygen atoms in total. The summed E-state index contributed by atoms with van der Waals surface area (Å²) in [5.41, 5.74) is 4.98. The molecule has 4 fully saturated rings. The van der Waals surface area contributed by atoms with Crippen LogP contribution < -0.4 is 10.2 Å². The van der Waals surface area contributed by atoms with Crippen LogP contribution in [0.25, 0.3) is 5.57 Å². The van der Waals surface area contributed by atoms with Crippen molar-refractivity contribution >= 4 is 29.3 Å². The van der Waals surface area contributed by atoms with Gasteiger partial charge in [-0.25, -0.2) is 14.2 Å². The molecule has 2 aromatic carbocycles. The minimum atomic E-state index is -0.530. The van der Waals surface area contributed by atoms with Gasteiger partial charge >= 0.3 is 6.09 Å². The second-order valence-corrected chi connectivity index (χ2v) is 15.3. The molecule has 3 saturated heterocycles. The molecule has 3 amide bonds. The summed E-state index contributed by atoms with van der Waals surface area (Å²) in [4.78, 5) is 53.0. The number of nitrogens with one attached hydrogen (secondary N) is 1. The summed E-state index contributed by atoms with van der Waals surface area (Å²) < 4.78 is 24.6. The molecule has 268 valence electrons. The van der Waals surface area contributed by atoms with E-state index in [1.165, 1.54) is 23.9 Å². The molecule has 0 bridgehead atoms. The summed E-state index contributed by atoms with van der Waals surface area (Å²) in [5.74, 6) is 0.109. The Bertz CT molecular complexity index is 1810. The zero-order valence-electron chi connectivity index (χ0n) is 29.7. The molecule has 1 aromatic heterocycles. The van der Waals surface area contributed by atoms with Gasteiger partial charge in [0.25, 0.3) is 5.91 Å². The van der Waals surface area contributed by atoms with Crippen molar-refractivity contribution in [2.24, 2.45) is 11.3 Å². The molecule has 4 heterocycles. The Balaban J connectivity index is 0.992. The van der Waals surface area contributed by atoms with E-state index in [2.05, 4.69) is 15.3 Å². The van der Waals surface area contributed by atoms with E-state index in [0.717, 1.165) is 35.1 Å². The average Bonchev–Trinajstić information content (AvgIpc) is 3.04. The Kier molecular flexibility index (Phi) is 9.30. The Labute approximate surface area is 297 Å². The van der Waals surface area contributed by atoms with Crippen molar-refractivity contribution in [1.82, 2.24) is 25.1 Å². The van der Waals surface area contributed by atoms with Gasteiger partial charge in [-0.2, -0.15) is 0 Å². The third-order valence-corrected chi connectivity index (χ3v) is 10.2. The maximum absolute atomic E-state index is 13.9. The molecule has 1 N–H and O–H groups in total. The molecule has 0 radical (unpaired) electrons. The molecular weight excluding hydrogens is 651 g/mol. The van der Waals surface area contributed by atoms with Crippen LogP contribution in [0.1, 0.15) is 73.8 Å². The number of likely N-dealkylation sites (tertiary alicyclic amines) is 1. The number of amides is 3. The predicted octanol–water partition coefficient (Wildman–Crippen LogP) is 5.23. The highest BCUT2D eigenvalue weighted by Crippen LogP contribution is 2.55. The van der Waals surface area contributed by atoms with E-state index >= 15 is 0 Å². The van der Waals surface area contributed by atoms with Gasteiger partial charge in [-0.15, -0.1) is 0 Å². The van der Waals surface area contributed by atoms with Crippen LogP contribution in [0.5, 0.6) is 0 Å².